The molecular formula is C6HCl3F12N2O. The van der Waals surface area contributed by atoms with Gasteiger partial charge in [-0.15, -0.1) is 0 Å². The molecule has 0 radical (unpaired) electrons. The zero-order chi connectivity index (χ0) is 19.9. The number of hydrogen-bond acceptors (Lipinski definition) is 3. The molecule has 1 unspecified atom stereocenters. The van der Waals surface area contributed by atoms with Crippen LogP contribution in [0.1, 0.15) is 0 Å². The van der Waals surface area contributed by atoms with Crippen molar-refractivity contribution in [1.82, 2.24) is 9.96 Å². The van der Waals surface area contributed by atoms with E-state index in [0.717, 1.165) is 0 Å². The molecule has 0 aliphatic rings. The second kappa shape index (κ2) is 6.90. The minimum atomic E-state index is -6.48. The molecule has 0 saturated heterocycles. The lowest BCUT2D eigenvalue weighted by atomic mass is 10.5. The molecule has 146 valence electrons. The van der Waals surface area contributed by atoms with Crippen LogP contribution >= 0.6 is 34.8 Å². The van der Waals surface area contributed by atoms with Gasteiger partial charge in [-0.2, -0.15) is 52.7 Å². The van der Waals surface area contributed by atoms with Crippen molar-refractivity contribution in [2.24, 2.45) is 0 Å². The van der Waals surface area contributed by atoms with Gasteiger partial charge < -0.3 is 0 Å². The molecule has 24 heavy (non-hydrogen) atoms. The Balaban J connectivity index is 5.78. The highest BCUT2D eigenvalue weighted by atomic mass is 35.5. The third kappa shape index (κ3) is 6.33. The predicted octanol–water partition coefficient (Wildman–Crippen LogP) is 5.30. The summed E-state index contributed by atoms with van der Waals surface area (Å²) in [7, 11) is 0. The zero-order valence-corrected chi connectivity index (χ0v) is 12.3. The van der Waals surface area contributed by atoms with E-state index in [1.807, 2.05) is 0 Å². The summed E-state index contributed by atoms with van der Waals surface area (Å²) in [5.41, 5.74) is -3.99. The molecule has 0 aliphatic heterocycles. The molecule has 0 aromatic carbocycles. The van der Waals surface area contributed by atoms with Crippen LogP contribution in [0.4, 0.5) is 52.7 Å². The Kier molecular flexibility index (Phi) is 6.88. The van der Waals surface area contributed by atoms with Gasteiger partial charge in [0, 0.05) is 5.06 Å². The highest BCUT2D eigenvalue weighted by Crippen LogP contribution is 2.46. The second-order valence-electron chi connectivity index (χ2n) is 3.52. The average Bonchev–Trinajstić information content (AvgIpc) is 2.18. The Morgan fingerprint density at radius 3 is 1.12 bits per heavy atom. The smallest absolute Gasteiger partial charge is 0.241 e. The van der Waals surface area contributed by atoms with E-state index in [1.54, 1.807) is 0 Å². The third-order valence-electron chi connectivity index (χ3n) is 1.72. The molecule has 0 saturated carbocycles. The van der Waals surface area contributed by atoms with Crippen molar-refractivity contribution in [2.75, 3.05) is 0 Å². The van der Waals surface area contributed by atoms with Crippen LogP contribution in [-0.4, -0.2) is 45.2 Å². The number of hydrogen-bond donors (Lipinski definition) is 0. The van der Waals surface area contributed by atoms with Crippen molar-refractivity contribution in [3.8, 4) is 0 Å². The Morgan fingerprint density at radius 2 is 0.917 bits per heavy atom. The first-order valence-corrected chi connectivity index (χ1v) is 5.88. The first kappa shape index (κ1) is 23.9. The molecule has 0 amide bonds. The molecule has 0 aromatic heterocycles. The quantitative estimate of drug-likeness (QED) is 0.250. The monoisotopic (exact) mass is 450 g/mol. The summed E-state index contributed by atoms with van der Waals surface area (Å²) in [5, 5.41) is -2.92. The Hall–Kier alpha value is -0.0900. The lowest BCUT2D eigenvalue weighted by molar-refractivity contribution is -0.494. The minimum Gasteiger partial charge on any atom is -0.241 e. The van der Waals surface area contributed by atoms with Crippen LogP contribution in [0, 0.1) is 0 Å². The fraction of sp³-hybridized carbons (Fsp3) is 1.00. The first-order valence-electron chi connectivity index (χ1n) is 4.69. The van der Waals surface area contributed by atoms with E-state index in [0.29, 0.717) is 0 Å². The highest BCUT2D eigenvalue weighted by molar-refractivity contribution is 6.51. The maximum absolute atomic E-state index is 12.3. The van der Waals surface area contributed by atoms with Gasteiger partial charge in [-0.1, -0.05) is 39.7 Å². The van der Waals surface area contributed by atoms with Crippen LogP contribution in [-0.2, 0) is 4.84 Å². The fourth-order valence-corrected chi connectivity index (χ4v) is 1.56. The molecule has 0 heterocycles. The van der Waals surface area contributed by atoms with Crippen molar-refractivity contribution in [3.05, 3.63) is 0 Å². The Bertz CT molecular complexity index is 400. The summed E-state index contributed by atoms with van der Waals surface area (Å²) in [6, 6.07) is 0. The van der Waals surface area contributed by atoms with Gasteiger partial charge in [0.2, 0.25) is 0 Å². The summed E-state index contributed by atoms with van der Waals surface area (Å²) < 4.78 is 142. The summed E-state index contributed by atoms with van der Waals surface area (Å²) in [5.74, 6) is 0. The van der Waals surface area contributed by atoms with Gasteiger partial charge in [-0.25, -0.2) is 4.84 Å². The first-order chi connectivity index (χ1) is 10.1. The number of alkyl halides is 15. The number of hydroxylamine groups is 2. The normalized spacial score (nSPS) is 16.9. The molecule has 0 spiro atoms. The topological polar surface area (TPSA) is 15.7 Å². The van der Waals surface area contributed by atoms with Crippen LogP contribution in [0.5, 0.6) is 0 Å². The van der Waals surface area contributed by atoms with E-state index in [4.69, 9.17) is 0 Å². The number of nitrogens with zero attached hydrogens (tertiary/aromatic N) is 2. The number of rotatable bonds is 4. The van der Waals surface area contributed by atoms with Gasteiger partial charge in [0.15, 0.2) is 5.50 Å². The molecule has 3 nitrogen and oxygen atoms in total. The molecule has 0 aliphatic carbocycles. The van der Waals surface area contributed by atoms with E-state index >= 15 is 0 Å². The SMILES string of the molecule is FC(F)(F)N(OC(Cl)(Cl)C(Cl)N(C(F)(F)F)C(F)(F)F)C(F)(F)F. The van der Waals surface area contributed by atoms with E-state index in [-0.39, 0.29) is 0 Å². The molecule has 1 atom stereocenters. The zero-order valence-electron chi connectivity index (χ0n) is 10.0. The van der Waals surface area contributed by atoms with Gasteiger partial charge in [0.05, 0.1) is 0 Å². The fourth-order valence-electron chi connectivity index (χ4n) is 0.964. The van der Waals surface area contributed by atoms with Crippen molar-refractivity contribution >= 4 is 34.8 Å². The lowest BCUT2D eigenvalue weighted by Gasteiger charge is -2.38. The Labute approximate surface area is 138 Å². The van der Waals surface area contributed by atoms with E-state index in [9.17, 15) is 52.7 Å². The van der Waals surface area contributed by atoms with E-state index in [1.165, 1.54) is 0 Å². The largest absolute Gasteiger partial charge is 0.490 e. The molecule has 0 N–H and O–H groups in total. The van der Waals surface area contributed by atoms with Gasteiger partial charge in [-0.05, 0) is 0 Å². The van der Waals surface area contributed by atoms with Crippen LogP contribution < -0.4 is 0 Å². The van der Waals surface area contributed by atoms with Crippen molar-refractivity contribution < 1.29 is 57.5 Å². The van der Waals surface area contributed by atoms with Gasteiger partial charge in [0.25, 0.3) is 4.52 Å². The minimum absolute atomic E-state index is 2.66. The van der Waals surface area contributed by atoms with Gasteiger partial charge in [-0.3, -0.25) is 0 Å². The standard InChI is InChI=1S/C6HCl3F12N2O/c7-1(22(3(10,11)12)4(13,14)15)2(8,9)24-23(5(16,17)18)6(19,20)21/h1H. The summed E-state index contributed by atoms with van der Waals surface area (Å²) in [6.45, 7) is 0. The molecule has 0 bridgehead atoms. The van der Waals surface area contributed by atoms with Crippen LogP contribution in [0.25, 0.3) is 0 Å². The molecular weight excluding hydrogens is 450 g/mol. The lowest BCUT2D eigenvalue weighted by Crippen LogP contribution is -2.60. The maximum atomic E-state index is 12.3. The summed E-state index contributed by atoms with van der Waals surface area (Å²) >= 11 is 13.8. The van der Waals surface area contributed by atoms with Crippen molar-refractivity contribution in [2.45, 2.75) is 35.2 Å². The third-order valence-corrected chi connectivity index (χ3v) is 3.00. The van der Waals surface area contributed by atoms with Crippen LogP contribution in [0.2, 0.25) is 0 Å². The highest BCUT2D eigenvalue weighted by Gasteiger charge is 2.65. The average molecular weight is 451 g/mol. The summed E-state index contributed by atoms with van der Waals surface area (Å²) in [6.07, 6.45) is -25.8. The molecule has 0 rings (SSSR count). The molecule has 0 aromatic rings. The van der Waals surface area contributed by atoms with Gasteiger partial charge in [0.1, 0.15) is 0 Å². The maximum Gasteiger partial charge on any atom is 0.490 e. The molecule has 18 heteroatoms. The Morgan fingerprint density at radius 1 is 0.625 bits per heavy atom. The molecule has 0 fully saturated rings. The van der Waals surface area contributed by atoms with Crippen molar-refractivity contribution in [3.63, 3.8) is 0 Å². The summed E-state index contributed by atoms with van der Waals surface area (Å²) in [4.78, 5) is 0.180. The van der Waals surface area contributed by atoms with E-state index in [2.05, 4.69) is 39.6 Å². The van der Waals surface area contributed by atoms with Crippen LogP contribution in [0.15, 0.2) is 0 Å². The number of halogens is 15. The predicted molar refractivity (Wildman–Crippen MR) is 53.1 cm³/mol. The van der Waals surface area contributed by atoms with Crippen molar-refractivity contribution in [1.29, 1.82) is 0 Å². The van der Waals surface area contributed by atoms with E-state index < -0.39 is 45.2 Å². The van der Waals surface area contributed by atoms with Gasteiger partial charge >= 0.3 is 25.2 Å². The van der Waals surface area contributed by atoms with Crippen LogP contribution in [0.3, 0.4) is 0 Å². The second-order valence-corrected chi connectivity index (χ2v) is 5.25.